The molecule has 2 aromatic heterocycles. The first kappa shape index (κ1) is 16.8. The molecular weight excluding hydrogens is 324 g/mol. The quantitative estimate of drug-likeness (QED) is 0.916. The van der Waals surface area contributed by atoms with Crippen molar-refractivity contribution in [1.82, 2.24) is 15.0 Å². The summed E-state index contributed by atoms with van der Waals surface area (Å²) < 4.78 is 23.6. The molecule has 2 unspecified atom stereocenters. The summed E-state index contributed by atoms with van der Waals surface area (Å²) >= 11 is 0. The van der Waals surface area contributed by atoms with Crippen molar-refractivity contribution in [3.05, 3.63) is 36.3 Å². The van der Waals surface area contributed by atoms with Crippen LogP contribution in [0.15, 0.2) is 30.6 Å². The summed E-state index contributed by atoms with van der Waals surface area (Å²) in [4.78, 5) is 13.1. The van der Waals surface area contributed by atoms with Gasteiger partial charge in [-0.25, -0.2) is 18.4 Å². The van der Waals surface area contributed by atoms with Crippen LogP contribution in [0.3, 0.4) is 0 Å². The van der Waals surface area contributed by atoms with Gasteiger partial charge in [-0.1, -0.05) is 6.42 Å². The largest absolute Gasteiger partial charge is 0.367 e. The minimum atomic E-state index is -2.99. The van der Waals surface area contributed by atoms with E-state index in [1.165, 1.54) is 6.26 Å². The second kappa shape index (κ2) is 6.84. The van der Waals surface area contributed by atoms with Gasteiger partial charge in [0, 0.05) is 42.0 Å². The lowest BCUT2D eigenvalue weighted by Gasteiger charge is -2.29. The molecule has 6 nitrogen and oxygen atoms in total. The third kappa shape index (κ3) is 4.08. The molecule has 128 valence electrons. The second-order valence-electron chi connectivity index (χ2n) is 6.42. The Balaban J connectivity index is 1.79. The topological polar surface area (TPSA) is 84.8 Å². The van der Waals surface area contributed by atoms with E-state index in [4.69, 9.17) is 0 Å². The van der Waals surface area contributed by atoms with E-state index < -0.39 is 9.84 Å². The Labute approximate surface area is 142 Å². The predicted molar refractivity (Wildman–Crippen MR) is 94.5 cm³/mol. The fourth-order valence-corrected chi connectivity index (χ4v) is 4.32. The number of nitrogens with zero attached hydrogens (tertiary/aromatic N) is 3. The molecule has 1 aliphatic carbocycles. The van der Waals surface area contributed by atoms with Crippen LogP contribution in [0.5, 0.6) is 0 Å². The van der Waals surface area contributed by atoms with E-state index in [-0.39, 0.29) is 11.3 Å². The van der Waals surface area contributed by atoms with E-state index in [9.17, 15) is 8.42 Å². The van der Waals surface area contributed by atoms with Gasteiger partial charge in [-0.3, -0.25) is 4.98 Å². The first-order valence-corrected chi connectivity index (χ1v) is 10.1. The normalized spacial score (nSPS) is 21.4. The molecular formula is C17H22N4O2S. The van der Waals surface area contributed by atoms with Gasteiger partial charge in [0.25, 0.3) is 0 Å². The Morgan fingerprint density at radius 1 is 1.25 bits per heavy atom. The maximum absolute atomic E-state index is 11.8. The Morgan fingerprint density at radius 2 is 2.08 bits per heavy atom. The number of hydrogen-bond acceptors (Lipinski definition) is 6. The summed E-state index contributed by atoms with van der Waals surface area (Å²) in [5.74, 6) is 1.36. The molecule has 1 aliphatic rings. The number of hydrogen-bond donors (Lipinski definition) is 1. The highest BCUT2D eigenvalue weighted by Gasteiger charge is 2.29. The third-order valence-corrected chi connectivity index (χ3v) is 6.00. The number of rotatable bonds is 4. The lowest BCUT2D eigenvalue weighted by atomic mass is 9.95. The highest BCUT2D eigenvalue weighted by Crippen LogP contribution is 2.26. The van der Waals surface area contributed by atoms with Crippen LogP contribution in [0.25, 0.3) is 11.4 Å². The van der Waals surface area contributed by atoms with Crippen LogP contribution in [0.1, 0.15) is 31.4 Å². The molecule has 2 aromatic rings. The molecule has 3 rings (SSSR count). The lowest BCUT2D eigenvalue weighted by molar-refractivity contribution is 0.452. The first-order valence-electron chi connectivity index (χ1n) is 8.13. The monoisotopic (exact) mass is 346 g/mol. The van der Waals surface area contributed by atoms with Crippen LogP contribution in [-0.2, 0) is 9.84 Å². The Kier molecular flexibility index (Phi) is 4.80. The average molecular weight is 346 g/mol. The molecule has 0 radical (unpaired) electrons. The molecule has 7 heteroatoms. The minimum absolute atomic E-state index is 0.120. The van der Waals surface area contributed by atoms with Gasteiger partial charge in [-0.15, -0.1) is 0 Å². The zero-order valence-corrected chi connectivity index (χ0v) is 14.8. The highest BCUT2D eigenvalue weighted by molar-refractivity contribution is 7.91. The van der Waals surface area contributed by atoms with E-state index in [2.05, 4.69) is 20.3 Å². The molecule has 0 bridgehead atoms. The number of sulfone groups is 1. The van der Waals surface area contributed by atoms with Crippen LogP contribution >= 0.6 is 0 Å². The van der Waals surface area contributed by atoms with E-state index in [1.54, 1.807) is 12.4 Å². The molecule has 0 saturated heterocycles. The summed E-state index contributed by atoms with van der Waals surface area (Å²) in [6.07, 6.45) is 8.02. The second-order valence-corrected chi connectivity index (χ2v) is 8.74. The van der Waals surface area contributed by atoms with Crippen LogP contribution in [0.4, 0.5) is 5.82 Å². The number of aryl methyl sites for hydroxylation is 1. The van der Waals surface area contributed by atoms with E-state index in [0.29, 0.717) is 12.2 Å². The zero-order chi connectivity index (χ0) is 17.2. The summed E-state index contributed by atoms with van der Waals surface area (Å²) in [6.45, 7) is 1.92. The van der Waals surface area contributed by atoms with Gasteiger partial charge in [-0.2, -0.15) is 0 Å². The van der Waals surface area contributed by atoms with Crippen molar-refractivity contribution in [2.45, 2.75) is 43.9 Å². The van der Waals surface area contributed by atoms with Crippen molar-refractivity contribution in [1.29, 1.82) is 0 Å². The number of pyridine rings is 1. The molecule has 0 aliphatic heterocycles. The molecule has 0 amide bonds. The van der Waals surface area contributed by atoms with Crippen molar-refractivity contribution in [3.8, 4) is 11.4 Å². The molecule has 1 fully saturated rings. The number of anilines is 1. The highest BCUT2D eigenvalue weighted by atomic mass is 32.2. The summed E-state index contributed by atoms with van der Waals surface area (Å²) in [5.41, 5.74) is 1.73. The molecule has 0 aromatic carbocycles. The SMILES string of the molecule is Cc1cc(NC2CCCC(S(C)(=O)=O)C2)nc(-c2cccnc2)n1. The summed E-state index contributed by atoms with van der Waals surface area (Å²) in [5, 5.41) is 3.14. The van der Waals surface area contributed by atoms with Gasteiger partial charge in [-0.05, 0) is 38.3 Å². The number of nitrogens with one attached hydrogen (secondary N) is 1. The summed E-state index contributed by atoms with van der Waals surface area (Å²) in [7, 11) is -2.99. The van der Waals surface area contributed by atoms with Crippen molar-refractivity contribution < 1.29 is 8.42 Å². The maximum Gasteiger partial charge on any atom is 0.163 e. The fraction of sp³-hybridized carbons (Fsp3) is 0.471. The molecule has 2 heterocycles. The van der Waals surface area contributed by atoms with E-state index in [0.717, 1.165) is 36.3 Å². The minimum Gasteiger partial charge on any atom is -0.367 e. The van der Waals surface area contributed by atoms with Crippen molar-refractivity contribution in [2.75, 3.05) is 11.6 Å². The smallest absolute Gasteiger partial charge is 0.163 e. The van der Waals surface area contributed by atoms with Crippen LogP contribution in [0, 0.1) is 6.92 Å². The van der Waals surface area contributed by atoms with Gasteiger partial charge in [0.1, 0.15) is 15.7 Å². The molecule has 24 heavy (non-hydrogen) atoms. The van der Waals surface area contributed by atoms with Crippen LogP contribution in [-0.4, -0.2) is 40.9 Å². The van der Waals surface area contributed by atoms with Crippen molar-refractivity contribution >= 4 is 15.7 Å². The van der Waals surface area contributed by atoms with Gasteiger partial charge >= 0.3 is 0 Å². The Hall–Kier alpha value is -2.02. The first-order chi connectivity index (χ1) is 11.4. The van der Waals surface area contributed by atoms with E-state index >= 15 is 0 Å². The fourth-order valence-electron chi connectivity index (χ4n) is 3.14. The molecule has 2 atom stereocenters. The van der Waals surface area contributed by atoms with Gasteiger partial charge in [0.15, 0.2) is 5.82 Å². The predicted octanol–water partition coefficient (Wildman–Crippen LogP) is 2.61. The van der Waals surface area contributed by atoms with Crippen LogP contribution < -0.4 is 5.32 Å². The van der Waals surface area contributed by atoms with Crippen molar-refractivity contribution in [2.24, 2.45) is 0 Å². The van der Waals surface area contributed by atoms with E-state index in [1.807, 2.05) is 25.1 Å². The molecule has 1 N–H and O–H groups in total. The third-order valence-electron chi connectivity index (χ3n) is 4.36. The average Bonchev–Trinajstić information content (AvgIpc) is 2.54. The Morgan fingerprint density at radius 3 is 2.79 bits per heavy atom. The maximum atomic E-state index is 11.8. The van der Waals surface area contributed by atoms with Gasteiger partial charge in [0.05, 0.1) is 5.25 Å². The molecule has 0 spiro atoms. The lowest BCUT2D eigenvalue weighted by Crippen LogP contribution is -2.34. The summed E-state index contributed by atoms with van der Waals surface area (Å²) in [6, 6.07) is 5.79. The Bertz CT molecular complexity index is 809. The number of aromatic nitrogens is 3. The standard InChI is InChI=1S/C17H22N4O2S/c1-12-9-16(21-17(19-12)13-5-4-8-18-11-13)20-14-6-3-7-15(10-14)24(2,22)23/h4-5,8-9,11,14-15H,3,6-7,10H2,1-2H3,(H,19,20,21). The van der Waals surface area contributed by atoms with Gasteiger partial charge < -0.3 is 5.32 Å². The van der Waals surface area contributed by atoms with Gasteiger partial charge in [0.2, 0.25) is 0 Å². The zero-order valence-electron chi connectivity index (χ0n) is 13.9. The van der Waals surface area contributed by atoms with Crippen LogP contribution in [0.2, 0.25) is 0 Å². The molecule has 1 saturated carbocycles. The van der Waals surface area contributed by atoms with Crippen molar-refractivity contribution in [3.63, 3.8) is 0 Å².